The highest BCUT2D eigenvalue weighted by Gasteiger charge is 2.25. The lowest BCUT2D eigenvalue weighted by Gasteiger charge is -2.26. The van der Waals surface area contributed by atoms with E-state index in [1.807, 2.05) is 6.26 Å². The first kappa shape index (κ1) is 14.2. The third-order valence-electron chi connectivity index (χ3n) is 2.05. The normalized spacial score (nSPS) is 18.4. The van der Waals surface area contributed by atoms with Gasteiger partial charge in [0.15, 0.2) is 0 Å². The second-order valence-corrected chi connectivity index (χ2v) is 5.23. The van der Waals surface area contributed by atoms with E-state index in [0.717, 1.165) is 11.5 Å². The van der Waals surface area contributed by atoms with Crippen LogP contribution in [0.15, 0.2) is 5.16 Å². The quantitative estimate of drug-likeness (QED) is 0.602. The topological polar surface area (TPSA) is 71.0 Å². The fourth-order valence-electron chi connectivity index (χ4n) is 1.16. The molecule has 0 aromatic heterocycles. The first-order valence-corrected chi connectivity index (χ1v) is 7.44. The summed E-state index contributed by atoms with van der Waals surface area (Å²) in [7, 11) is 1.43. The maximum atomic E-state index is 11.9. The fraction of sp³-hybridized carbons (Fsp3) is 0.667. The van der Waals surface area contributed by atoms with Crippen LogP contribution < -0.4 is 5.32 Å². The molecule has 0 radical (unpaired) electrons. The van der Waals surface area contributed by atoms with Crippen LogP contribution >= 0.6 is 23.5 Å². The number of nitrogens with one attached hydrogen (secondary N) is 1. The Morgan fingerprint density at radius 1 is 1.71 bits per heavy atom. The second kappa shape index (κ2) is 7.44. The first-order chi connectivity index (χ1) is 8.19. The summed E-state index contributed by atoms with van der Waals surface area (Å²) >= 11 is 2.99. The molecule has 0 saturated carbocycles. The predicted molar refractivity (Wildman–Crippen MR) is 70.4 cm³/mol. The molecule has 1 aliphatic rings. The summed E-state index contributed by atoms with van der Waals surface area (Å²) in [5.74, 6) is 1.50. The Bertz CT molecular complexity index is 323. The van der Waals surface area contributed by atoms with E-state index < -0.39 is 6.09 Å². The molecule has 0 unspecified atom stereocenters. The Labute approximate surface area is 108 Å². The van der Waals surface area contributed by atoms with Crippen LogP contribution in [0, 0.1) is 0 Å². The van der Waals surface area contributed by atoms with Crippen molar-refractivity contribution in [3.63, 3.8) is 0 Å². The monoisotopic (exact) mass is 277 g/mol. The number of carbonyl (C=O) groups is 2. The molecule has 17 heavy (non-hydrogen) atoms. The average Bonchev–Trinajstić information content (AvgIpc) is 2.35. The van der Waals surface area contributed by atoms with E-state index in [4.69, 9.17) is 0 Å². The highest BCUT2D eigenvalue weighted by atomic mass is 32.2. The van der Waals surface area contributed by atoms with E-state index >= 15 is 0 Å². The van der Waals surface area contributed by atoms with Crippen molar-refractivity contribution in [2.75, 3.05) is 37.9 Å². The van der Waals surface area contributed by atoms with Crippen molar-refractivity contribution in [2.45, 2.75) is 0 Å². The van der Waals surface area contributed by atoms with Gasteiger partial charge < -0.3 is 10.2 Å². The lowest BCUT2D eigenvalue weighted by molar-refractivity contribution is -0.123. The number of nitrogens with zero attached hydrogens (tertiary/aromatic N) is 2. The minimum Gasteiger partial charge on any atom is -0.335 e. The van der Waals surface area contributed by atoms with E-state index in [9.17, 15) is 9.59 Å². The van der Waals surface area contributed by atoms with Crippen LogP contribution in [0.2, 0.25) is 0 Å². The maximum absolute atomic E-state index is 11.9. The van der Waals surface area contributed by atoms with Crippen LogP contribution in [-0.2, 0) is 9.63 Å². The smallest absolute Gasteiger partial charge is 0.335 e. The van der Waals surface area contributed by atoms with Crippen molar-refractivity contribution in [2.24, 2.45) is 5.16 Å². The van der Waals surface area contributed by atoms with Gasteiger partial charge in [-0.1, -0.05) is 16.9 Å². The summed E-state index contributed by atoms with van der Waals surface area (Å²) in [6.45, 7) is 1.41. The Kier molecular flexibility index (Phi) is 6.20. The van der Waals surface area contributed by atoms with Gasteiger partial charge in [0.25, 0.3) is 5.91 Å². The van der Waals surface area contributed by atoms with E-state index in [2.05, 4.69) is 15.3 Å². The Morgan fingerprint density at radius 3 is 3.12 bits per heavy atom. The predicted octanol–water partition coefficient (Wildman–Crippen LogP) is 0.594. The van der Waals surface area contributed by atoms with Crippen LogP contribution in [0.3, 0.4) is 0 Å². The van der Waals surface area contributed by atoms with Crippen LogP contribution in [0.5, 0.6) is 0 Å². The summed E-state index contributed by atoms with van der Waals surface area (Å²) in [4.78, 5) is 29.0. The summed E-state index contributed by atoms with van der Waals surface area (Å²) in [5.41, 5.74) is 0. The lowest BCUT2D eigenvalue weighted by Crippen LogP contribution is -2.42. The third kappa shape index (κ3) is 4.47. The molecule has 1 rings (SSSR count). The van der Waals surface area contributed by atoms with Crippen LogP contribution in [0.1, 0.15) is 0 Å². The van der Waals surface area contributed by atoms with Crippen molar-refractivity contribution in [1.82, 2.24) is 10.2 Å². The number of carbonyl (C=O) groups excluding carboxylic acids is 2. The number of oxime groups is 1. The van der Waals surface area contributed by atoms with Gasteiger partial charge in [0.1, 0.15) is 0 Å². The number of hydrogen-bond donors (Lipinski definition) is 1. The van der Waals surface area contributed by atoms with Crippen LogP contribution in [-0.4, -0.2) is 59.8 Å². The zero-order valence-corrected chi connectivity index (χ0v) is 11.4. The van der Waals surface area contributed by atoms with Crippen molar-refractivity contribution < 1.29 is 14.4 Å². The Morgan fingerprint density at radius 2 is 2.47 bits per heavy atom. The fourth-order valence-corrected chi connectivity index (χ4v) is 2.41. The largest absolute Gasteiger partial charge is 0.433 e. The molecule has 2 amide bonds. The zero-order valence-electron chi connectivity index (χ0n) is 9.76. The molecule has 1 N–H and O–H groups in total. The molecule has 0 aromatic rings. The molecule has 0 aliphatic carbocycles. The molecule has 0 aromatic carbocycles. The van der Waals surface area contributed by atoms with Crippen molar-refractivity contribution in [1.29, 1.82) is 0 Å². The van der Waals surface area contributed by atoms with Gasteiger partial charge in [0, 0.05) is 31.6 Å². The van der Waals surface area contributed by atoms with Gasteiger partial charge in [-0.3, -0.25) is 9.63 Å². The standard InChI is InChI=1S/C9H15N3O3S2/c1-10-9(14)15-11-7-8(13)12(3-5-16-2)4-6-17-7/h3-6H2,1-2H3,(H,10,14). The lowest BCUT2D eigenvalue weighted by atomic mass is 10.4. The molecule has 1 saturated heterocycles. The maximum Gasteiger partial charge on any atom is 0.433 e. The van der Waals surface area contributed by atoms with Crippen LogP contribution in [0.25, 0.3) is 0 Å². The average molecular weight is 277 g/mol. The van der Waals surface area contributed by atoms with Crippen molar-refractivity contribution in [3.05, 3.63) is 0 Å². The minimum absolute atomic E-state index is 0.167. The molecule has 1 heterocycles. The Balaban J connectivity index is 2.55. The zero-order chi connectivity index (χ0) is 12.7. The molecule has 8 heteroatoms. The molecule has 1 fully saturated rings. The number of thioether (sulfide) groups is 2. The summed E-state index contributed by atoms with van der Waals surface area (Å²) in [6, 6.07) is 0. The van der Waals surface area contributed by atoms with Gasteiger partial charge in [-0.2, -0.15) is 11.8 Å². The molecule has 6 nitrogen and oxygen atoms in total. The highest BCUT2D eigenvalue weighted by Crippen LogP contribution is 2.15. The first-order valence-electron chi connectivity index (χ1n) is 5.06. The number of amides is 2. The summed E-state index contributed by atoms with van der Waals surface area (Å²) < 4.78 is 0. The number of rotatable bonds is 4. The van der Waals surface area contributed by atoms with E-state index in [0.29, 0.717) is 13.1 Å². The van der Waals surface area contributed by atoms with E-state index in [1.165, 1.54) is 18.8 Å². The summed E-state index contributed by atoms with van der Waals surface area (Å²) in [5, 5.41) is 6.06. The van der Waals surface area contributed by atoms with Crippen molar-refractivity contribution >= 4 is 40.6 Å². The van der Waals surface area contributed by atoms with Gasteiger partial charge in [0.05, 0.1) is 0 Å². The highest BCUT2D eigenvalue weighted by molar-refractivity contribution is 8.15. The van der Waals surface area contributed by atoms with Gasteiger partial charge in [-0.05, 0) is 6.26 Å². The van der Waals surface area contributed by atoms with Crippen molar-refractivity contribution in [3.8, 4) is 0 Å². The van der Waals surface area contributed by atoms with Crippen LogP contribution in [0.4, 0.5) is 4.79 Å². The molecule has 0 atom stereocenters. The number of hydrogen-bond acceptors (Lipinski definition) is 6. The molecule has 96 valence electrons. The van der Waals surface area contributed by atoms with E-state index in [1.54, 1.807) is 16.7 Å². The van der Waals surface area contributed by atoms with Gasteiger partial charge in [-0.25, -0.2) is 4.79 Å². The summed E-state index contributed by atoms with van der Waals surface area (Å²) in [6.07, 6.45) is 1.32. The third-order valence-corrected chi connectivity index (χ3v) is 3.55. The second-order valence-electron chi connectivity index (χ2n) is 3.16. The molecule has 1 aliphatic heterocycles. The Hall–Kier alpha value is -0.890. The van der Waals surface area contributed by atoms with E-state index in [-0.39, 0.29) is 11.0 Å². The van der Waals surface area contributed by atoms with Gasteiger partial charge in [0.2, 0.25) is 5.04 Å². The van der Waals surface area contributed by atoms with Gasteiger partial charge in [-0.15, -0.1) is 0 Å². The molecule has 0 bridgehead atoms. The molecular formula is C9H15N3O3S2. The SMILES string of the molecule is CNC(=O)ON=C1SCCN(CCSC)C1=O. The minimum atomic E-state index is -0.674. The molecule has 0 spiro atoms. The molecular weight excluding hydrogens is 262 g/mol. The van der Waals surface area contributed by atoms with Gasteiger partial charge >= 0.3 is 6.09 Å².